The van der Waals surface area contributed by atoms with Crippen LogP contribution in [0.2, 0.25) is 0 Å². The third-order valence-electron chi connectivity index (χ3n) is 2.95. The number of nitrogens with one attached hydrogen (secondary N) is 1. The number of hydrogen-bond donors (Lipinski definition) is 1. The molecule has 1 saturated carbocycles. The summed E-state index contributed by atoms with van der Waals surface area (Å²) >= 11 is 0. The average molecular weight is 253 g/mol. The smallest absolute Gasteiger partial charge is 0.309 e. The van der Waals surface area contributed by atoms with Gasteiger partial charge >= 0.3 is 5.97 Å². The summed E-state index contributed by atoms with van der Waals surface area (Å²) in [6.45, 7) is 9.02. The highest BCUT2D eigenvalue weighted by Crippen LogP contribution is 2.27. The van der Waals surface area contributed by atoms with Gasteiger partial charge in [-0.15, -0.1) is 0 Å². The van der Waals surface area contributed by atoms with Gasteiger partial charge in [-0.3, -0.25) is 9.59 Å². The highest BCUT2D eigenvalue weighted by molar-refractivity contribution is 5.87. The summed E-state index contributed by atoms with van der Waals surface area (Å²) in [6.07, 6.45) is 4.62. The molecule has 1 fully saturated rings. The molecular formula is C14H23NO3. The number of hydrogen-bond acceptors (Lipinski definition) is 3. The third-order valence-corrected chi connectivity index (χ3v) is 2.95. The van der Waals surface area contributed by atoms with Crippen LogP contribution in [0.3, 0.4) is 0 Å². The first kappa shape index (κ1) is 14.7. The van der Waals surface area contributed by atoms with Crippen molar-refractivity contribution in [3.8, 4) is 0 Å². The Balaban J connectivity index is 2.50. The fourth-order valence-corrected chi connectivity index (χ4v) is 2.18. The van der Waals surface area contributed by atoms with Gasteiger partial charge in [0.25, 0.3) is 0 Å². The summed E-state index contributed by atoms with van der Waals surface area (Å²) < 4.78 is 5.39. The molecule has 0 aromatic rings. The summed E-state index contributed by atoms with van der Waals surface area (Å²) in [4.78, 5) is 23.2. The van der Waals surface area contributed by atoms with Gasteiger partial charge in [0, 0.05) is 6.04 Å². The Morgan fingerprint density at radius 2 is 2.00 bits per heavy atom. The van der Waals surface area contributed by atoms with E-state index < -0.39 is 5.60 Å². The molecule has 0 bridgehead atoms. The average Bonchev–Trinajstić information content (AvgIpc) is 2.27. The molecular weight excluding hydrogens is 230 g/mol. The fraction of sp³-hybridized carbons (Fsp3) is 0.714. The quantitative estimate of drug-likeness (QED) is 0.619. The summed E-state index contributed by atoms with van der Waals surface area (Å²) in [6, 6.07) is 0.0572. The van der Waals surface area contributed by atoms with E-state index in [2.05, 4.69) is 11.9 Å². The maximum absolute atomic E-state index is 12.0. The van der Waals surface area contributed by atoms with Gasteiger partial charge in [0.2, 0.25) is 5.91 Å². The van der Waals surface area contributed by atoms with E-state index in [1.54, 1.807) is 0 Å². The molecule has 18 heavy (non-hydrogen) atoms. The number of amides is 1. The van der Waals surface area contributed by atoms with Crippen molar-refractivity contribution in [2.75, 3.05) is 0 Å². The monoisotopic (exact) mass is 253 g/mol. The molecule has 1 aliphatic carbocycles. The van der Waals surface area contributed by atoms with Crippen LogP contribution in [0.15, 0.2) is 12.7 Å². The highest BCUT2D eigenvalue weighted by Gasteiger charge is 2.31. The molecule has 1 rings (SSSR count). The molecule has 0 radical (unpaired) electrons. The minimum atomic E-state index is -0.450. The molecule has 1 N–H and O–H groups in total. The van der Waals surface area contributed by atoms with E-state index in [9.17, 15) is 9.59 Å². The van der Waals surface area contributed by atoms with Crippen molar-refractivity contribution in [3.05, 3.63) is 12.7 Å². The minimum absolute atomic E-state index is 0.0572. The first-order valence-electron chi connectivity index (χ1n) is 6.47. The summed E-state index contributed by atoms with van der Waals surface area (Å²) in [7, 11) is 0. The van der Waals surface area contributed by atoms with Crippen molar-refractivity contribution < 1.29 is 14.3 Å². The first-order valence-corrected chi connectivity index (χ1v) is 6.47. The van der Waals surface area contributed by atoms with E-state index in [1.807, 2.05) is 20.8 Å². The van der Waals surface area contributed by atoms with Crippen LogP contribution in [0.5, 0.6) is 0 Å². The molecule has 0 unspecified atom stereocenters. The molecule has 0 heterocycles. The molecule has 1 aliphatic rings. The number of ether oxygens (including phenoxy) is 1. The van der Waals surface area contributed by atoms with Crippen LogP contribution < -0.4 is 5.32 Å². The standard InChI is InChI=1S/C14H23NO3/c1-5-12(16)15-11-8-6-7-10(9-11)13(17)18-14(2,3)4/h5,10-11H,1,6-9H2,2-4H3,(H,15,16)/t10-,11+/m1/s1. The van der Waals surface area contributed by atoms with Crippen LogP contribution in [-0.4, -0.2) is 23.5 Å². The van der Waals surface area contributed by atoms with Crippen LogP contribution in [-0.2, 0) is 14.3 Å². The van der Waals surface area contributed by atoms with Gasteiger partial charge in [0.1, 0.15) is 5.60 Å². The topological polar surface area (TPSA) is 55.4 Å². The number of esters is 1. The zero-order valence-electron chi connectivity index (χ0n) is 11.5. The summed E-state index contributed by atoms with van der Waals surface area (Å²) in [5, 5.41) is 2.85. The van der Waals surface area contributed by atoms with Crippen molar-refractivity contribution in [1.82, 2.24) is 5.32 Å². The molecule has 0 aliphatic heterocycles. The molecule has 1 amide bonds. The summed E-state index contributed by atoms with van der Waals surface area (Å²) in [5.74, 6) is -0.432. The molecule has 0 aromatic carbocycles. The maximum atomic E-state index is 12.0. The highest BCUT2D eigenvalue weighted by atomic mass is 16.6. The molecule has 0 aromatic heterocycles. The Morgan fingerprint density at radius 1 is 1.33 bits per heavy atom. The van der Waals surface area contributed by atoms with Gasteiger partial charge in [-0.25, -0.2) is 0 Å². The van der Waals surface area contributed by atoms with Crippen LogP contribution >= 0.6 is 0 Å². The van der Waals surface area contributed by atoms with Crippen molar-refractivity contribution in [1.29, 1.82) is 0 Å². The molecule has 0 saturated heterocycles. The number of carbonyl (C=O) groups is 2. The predicted octanol–water partition coefficient (Wildman–Crippen LogP) is 2.19. The minimum Gasteiger partial charge on any atom is -0.460 e. The zero-order valence-corrected chi connectivity index (χ0v) is 11.5. The van der Waals surface area contributed by atoms with E-state index in [0.29, 0.717) is 6.42 Å². The van der Waals surface area contributed by atoms with Crippen molar-refractivity contribution in [2.45, 2.75) is 58.1 Å². The second kappa shape index (κ2) is 6.03. The number of rotatable bonds is 3. The lowest BCUT2D eigenvalue weighted by atomic mass is 9.85. The third kappa shape index (κ3) is 4.90. The van der Waals surface area contributed by atoms with Crippen molar-refractivity contribution >= 4 is 11.9 Å². The largest absolute Gasteiger partial charge is 0.460 e. The van der Waals surface area contributed by atoms with Crippen molar-refractivity contribution in [3.63, 3.8) is 0 Å². The normalized spacial score (nSPS) is 24.2. The zero-order chi connectivity index (χ0) is 13.8. The van der Waals surface area contributed by atoms with Gasteiger partial charge in [0.05, 0.1) is 5.92 Å². The molecule has 4 heteroatoms. The fourth-order valence-electron chi connectivity index (χ4n) is 2.18. The lowest BCUT2D eigenvalue weighted by Gasteiger charge is -2.30. The Bertz CT molecular complexity index is 330. The van der Waals surface area contributed by atoms with E-state index in [1.165, 1.54) is 6.08 Å². The van der Waals surface area contributed by atoms with Gasteiger partial charge < -0.3 is 10.1 Å². The first-order chi connectivity index (χ1) is 8.31. The lowest BCUT2D eigenvalue weighted by Crippen LogP contribution is -2.40. The Hall–Kier alpha value is -1.32. The van der Waals surface area contributed by atoms with E-state index >= 15 is 0 Å². The van der Waals surface area contributed by atoms with Gasteiger partial charge in [-0.05, 0) is 46.1 Å². The van der Waals surface area contributed by atoms with E-state index in [4.69, 9.17) is 4.74 Å². The Morgan fingerprint density at radius 3 is 2.56 bits per heavy atom. The maximum Gasteiger partial charge on any atom is 0.309 e. The molecule has 2 atom stereocenters. The van der Waals surface area contributed by atoms with E-state index in [-0.39, 0.29) is 23.8 Å². The number of carbonyl (C=O) groups excluding carboxylic acids is 2. The van der Waals surface area contributed by atoms with Crippen LogP contribution in [0.4, 0.5) is 0 Å². The molecule has 4 nitrogen and oxygen atoms in total. The van der Waals surface area contributed by atoms with Crippen LogP contribution in [0.25, 0.3) is 0 Å². The Labute approximate surface area is 109 Å². The van der Waals surface area contributed by atoms with Crippen LogP contribution in [0, 0.1) is 5.92 Å². The van der Waals surface area contributed by atoms with Crippen molar-refractivity contribution in [2.24, 2.45) is 5.92 Å². The summed E-state index contributed by atoms with van der Waals surface area (Å²) in [5.41, 5.74) is -0.450. The van der Waals surface area contributed by atoms with Crippen LogP contribution in [0.1, 0.15) is 46.5 Å². The molecule has 102 valence electrons. The van der Waals surface area contributed by atoms with E-state index in [0.717, 1.165) is 19.3 Å². The lowest BCUT2D eigenvalue weighted by molar-refractivity contribution is -0.161. The molecule has 0 spiro atoms. The second-order valence-electron chi connectivity index (χ2n) is 5.81. The van der Waals surface area contributed by atoms with Gasteiger partial charge in [-0.1, -0.05) is 13.0 Å². The second-order valence-corrected chi connectivity index (χ2v) is 5.81. The van der Waals surface area contributed by atoms with Gasteiger partial charge in [-0.2, -0.15) is 0 Å². The predicted molar refractivity (Wildman–Crippen MR) is 69.9 cm³/mol. The Kier molecular flexibility index (Phi) is 4.93. The SMILES string of the molecule is C=CC(=O)N[C@H]1CCC[C@@H](C(=O)OC(C)(C)C)C1. The van der Waals surface area contributed by atoms with Gasteiger partial charge in [0.15, 0.2) is 0 Å².